The van der Waals surface area contributed by atoms with E-state index in [0.717, 1.165) is 22.0 Å². The molecule has 2 aromatic carbocycles. The molecule has 0 saturated heterocycles. The number of benzene rings is 2. The number of pyridine rings is 1. The molecule has 0 aliphatic heterocycles. The van der Waals surface area contributed by atoms with Crippen molar-refractivity contribution in [3.63, 3.8) is 0 Å². The summed E-state index contributed by atoms with van der Waals surface area (Å²) in [6, 6.07) is 17.0. The smallest absolute Gasteiger partial charge is 0.274 e. The van der Waals surface area contributed by atoms with E-state index in [9.17, 15) is 4.79 Å². The van der Waals surface area contributed by atoms with Crippen LogP contribution in [0.15, 0.2) is 54.6 Å². The highest BCUT2D eigenvalue weighted by Gasteiger charge is 2.11. The maximum Gasteiger partial charge on any atom is 0.274 e. The molecule has 0 bridgehead atoms. The molecule has 3 nitrogen and oxygen atoms in total. The number of fused-ring (bicyclic) bond motifs is 1. The highest BCUT2D eigenvalue weighted by Crippen LogP contribution is 2.27. The average molecular weight is 297 g/mol. The summed E-state index contributed by atoms with van der Waals surface area (Å²) in [4.78, 5) is 16.4. The lowest BCUT2D eigenvalue weighted by Crippen LogP contribution is -2.14. The molecule has 1 N–H and O–H groups in total. The number of amides is 1. The van der Waals surface area contributed by atoms with Gasteiger partial charge in [-0.25, -0.2) is 4.98 Å². The van der Waals surface area contributed by atoms with Crippen molar-refractivity contribution in [1.82, 2.24) is 4.98 Å². The molecule has 21 heavy (non-hydrogen) atoms. The third kappa shape index (κ3) is 2.73. The van der Waals surface area contributed by atoms with E-state index in [-0.39, 0.29) is 5.91 Å². The van der Waals surface area contributed by atoms with Gasteiger partial charge in [0, 0.05) is 5.39 Å². The molecule has 3 aromatic rings. The zero-order valence-corrected chi connectivity index (χ0v) is 12.2. The van der Waals surface area contributed by atoms with Gasteiger partial charge in [0.05, 0.1) is 5.69 Å². The van der Waals surface area contributed by atoms with E-state index in [2.05, 4.69) is 10.3 Å². The van der Waals surface area contributed by atoms with E-state index < -0.39 is 0 Å². The standard InChI is InChI=1S/C17H13ClN2O/c1-11-9-10-12-5-2-3-6-13(12)16(11)20-17(21)14-7-4-8-15(18)19-14/h2-10H,1H3,(H,20,21). The van der Waals surface area contributed by atoms with E-state index in [1.54, 1.807) is 18.2 Å². The monoisotopic (exact) mass is 296 g/mol. The molecule has 0 saturated carbocycles. The summed E-state index contributed by atoms with van der Waals surface area (Å²) < 4.78 is 0. The Bertz CT molecular complexity index is 830. The Morgan fingerprint density at radius 2 is 1.86 bits per heavy atom. The number of carbonyl (C=O) groups excluding carboxylic acids is 1. The van der Waals surface area contributed by atoms with Gasteiger partial charge in [-0.2, -0.15) is 0 Å². The molecule has 0 radical (unpaired) electrons. The minimum atomic E-state index is -0.267. The number of aryl methyl sites for hydroxylation is 1. The SMILES string of the molecule is Cc1ccc2ccccc2c1NC(=O)c1cccc(Cl)n1. The van der Waals surface area contributed by atoms with Crippen LogP contribution in [-0.2, 0) is 0 Å². The average Bonchev–Trinajstić information content (AvgIpc) is 2.50. The van der Waals surface area contributed by atoms with Crippen molar-refractivity contribution >= 4 is 34.0 Å². The summed E-state index contributed by atoms with van der Waals surface area (Å²) in [5.74, 6) is -0.267. The molecule has 3 rings (SSSR count). The number of nitrogens with zero attached hydrogens (tertiary/aromatic N) is 1. The van der Waals surface area contributed by atoms with E-state index in [1.807, 2.05) is 43.3 Å². The van der Waals surface area contributed by atoms with Crippen molar-refractivity contribution in [3.8, 4) is 0 Å². The lowest BCUT2D eigenvalue weighted by Gasteiger charge is -2.11. The minimum Gasteiger partial charge on any atom is -0.320 e. The van der Waals surface area contributed by atoms with E-state index in [4.69, 9.17) is 11.6 Å². The van der Waals surface area contributed by atoms with Gasteiger partial charge in [-0.3, -0.25) is 4.79 Å². The Hall–Kier alpha value is -2.39. The molecular formula is C17H13ClN2O. The lowest BCUT2D eigenvalue weighted by atomic mass is 10.0. The van der Waals surface area contributed by atoms with Crippen molar-refractivity contribution in [3.05, 3.63) is 71.0 Å². The Balaban J connectivity index is 2.02. The third-order valence-electron chi connectivity index (χ3n) is 3.32. The first-order chi connectivity index (χ1) is 10.1. The van der Waals surface area contributed by atoms with Crippen molar-refractivity contribution in [2.45, 2.75) is 6.92 Å². The normalized spacial score (nSPS) is 10.6. The third-order valence-corrected chi connectivity index (χ3v) is 3.53. The summed E-state index contributed by atoms with van der Waals surface area (Å²) in [5, 5.41) is 5.33. The fourth-order valence-electron chi connectivity index (χ4n) is 2.26. The molecule has 0 aliphatic rings. The number of hydrogen-bond donors (Lipinski definition) is 1. The molecule has 1 heterocycles. The highest BCUT2D eigenvalue weighted by molar-refractivity contribution is 6.29. The summed E-state index contributed by atoms with van der Waals surface area (Å²) in [5.41, 5.74) is 2.11. The fourth-order valence-corrected chi connectivity index (χ4v) is 2.42. The molecule has 0 atom stereocenters. The number of carbonyl (C=O) groups is 1. The second-order valence-corrected chi connectivity index (χ2v) is 5.17. The van der Waals surface area contributed by atoms with Crippen LogP contribution < -0.4 is 5.32 Å². The van der Waals surface area contributed by atoms with Crippen molar-refractivity contribution < 1.29 is 4.79 Å². The maximum atomic E-state index is 12.3. The van der Waals surface area contributed by atoms with Crippen LogP contribution in [-0.4, -0.2) is 10.9 Å². The Labute approximate surface area is 127 Å². The number of rotatable bonds is 2. The predicted molar refractivity (Wildman–Crippen MR) is 85.9 cm³/mol. The first-order valence-electron chi connectivity index (χ1n) is 6.57. The van der Waals surface area contributed by atoms with E-state index in [0.29, 0.717) is 10.8 Å². The van der Waals surface area contributed by atoms with Gasteiger partial charge < -0.3 is 5.32 Å². The fraction of sp³-hybridized carbons (Fsp3) is 0.0588. The zero-order valence-electron chi connectivity index (χ0n) is 11.4. The summed E-state index contributed by atoms with van der Waals surface area (Å²) >= 11 is 5.83. The van der Waals surface area contributed by atoms with Crippen LogP contribution in [0.4, 0.5) is 5.69 Å². The first-order valence-corrected chi connectivity index (χ1v) is 6.95. The maximum absolute atomic E-state index is 12.3. The van der Waals surface area contributed by atoms with Gasteiger partial charge in [-0.1, -0.05) is 54.1 Å². The van der Waals surface area contributed by atoms with Crippen molar-refractivity contribution in [2.75, 3.05) is 5.32 Å². The number of halogens is 1. The van der Waals surface area contributed by atoms with Gasteiger partial charge in [0.1, 0.15) is 10.8 Å². The second-order valence-electron chi connectivity index (χ2n) is 4.78. The number of hydrogen-bond acceptors (Lipinski definition) is 2. The highest BCUT2D eigenvalue weighted by atomic mass is 35.5. The van der Waals surface area contributed by atoms with Gasteiger partial charge in [-0.05, 0) is 30.0 Å². The van der Waals surface area contributed by atoms with Gasteiger partial charge in [0.2, 0.25) is 0 Å². The second kappa shape index (κ2) is 5.54. The van der Waals surface area contributed by atoms with Crippen LogP contribution in [0, 0.1) is 6.92 Å². The van der Waals surface area contributed by atoms with Crippen molar-refractivity contribution in [1.29, 1.82) is 0 Å². The van der Waals surface area contributed by atoms with Gasteiger partial charge in [-0.15, -0.1) is 0 Å². The van der Waals surface area contributed by atoms with Crippen LogP contribution in [0.3, 0.4) is 0 Å². The van der Waals surface area contributed by atoms with Crippen LogP contribution in [0.5, 0.6) is 0 Å². The van der Waals surface area contributed by atoms with Gasteiger partial charge >= 0.3 is 0 Å². The molecule has 0 unspecified atom stereocenters. The molecule has 1 aromatic heterocycles. The Morgan fingerprint density at radius 1 is 1.05 bits per heavy atom. The topological polar surface area (TPSA) is 42.0 Å². The van der Waals surface area contributed by atoms with Crippen molar-refractivity contribution in [2.24, 2.45) is 0 Å². The van der Waals surface area contributed by atoms with Crippen LogP contribution in [0.25, 0.3) is 10.8 Å². The molecule has 4 heteroatoms. The Morgan fingerprint density at radius 3 is 2.67 bits per heavy atom. The largest absolute Gasteiger partial charge is 0.320 e. The van der Waals surface area contributed by atoms with Crippen LogP contribution in [0.2, 0.25) is 5.15 Å². The molecule has 104 valence electrons. The lowest BCUT2D eigenvalue weighted by molar-refractivity contribution is 0.102. The predicted octanol–water partition coefficient (Wildman–Crippen LogP) is 4.45. The number of aromatic nitrogens is 1. The zero-order chi connectivity index (χ0) is 14.8. The molecule has 0 fully saturated rings. The molecular weight excluding hydrogens is 284 g/mol. The van der Waals surface area contributed by atoms with E-state index in [1.165, 1.54) is 0 Å². The van der Waals surface area contributed by atoms with Gasteiger partial charge in [0.15, 0.2) is 0 Å². The summed E-state index contributed by atoms with van der Waals surface area (Å²) in [6.07, 6.45) is 0. The molecule has 1 amide bonds. The quantitative estimate of drug-likeness (QED) is 0.710. The Kier molecular flexibility index (Phi) is 3.59. The number of anilines is 1. The summed E-state index contributed by atoms with van der Waals surface area (Å²) in [7, 11) is 0. The van der Waals surface area contributed by atoms with Crippen LogP contribution in [0.1, 0.15) is 16.1 Å². The minimum absolute atomic E-state index is 0.267. The van der Waals surface area contributed by atoms with Crippen LogP contribution >= 0.6 is 11.6 Å². The number of nitrogens with one attached hydrogen (secondary N) is 1. The van der Waals surface area contributed by atoms with E-state index >= 15 is 0 Å². The summed E-state index contributed by atoms with van der Waals surface area (Å²) in [6.45, 7) is 1.97. The molecule has 0 spiro atoms. The molecule has 0 aliphatic carbocycles. The first kappa shape index (κ1) is 13.6. The van der Waals surface area contributed by atoms with Gasteiger partial charge in [0.25, 0.3) is 5.91 Å².